The van der Waals surface area contributed by atoms with Gasteiger partial charge in [-0.1, -0.05) is 17.7 Å². The van der Waals surface area contributed by atoms with Crippen LogP contribution in [0.4, 0.5) is 5.69 Å². The van der Waals surface area contributed by atoms with Gasteiger partial charge in [-0.15, -0.1) is 0 Å². The number of methoxy groups -OCH3 is 1. The molecule has 0 heterocycles. The molecular weight excluding hydrogens is 240 g/mol. The molecule has 0 bridgehead atoms. The van der Waals surface area contributed by atoms with Crippen molar-refractivity contribution >= 4 is 11.6 Å². The van der Waals surface area contributed by atoms with Crippen LogP contribution in [0.25, 0.3) is 0 Å². The summed E-state index contributed by atoms with van der Waals surface area (Å²) < 4.78 is 4.96. The average molecular weight is 264 g/mol. The van der Waals surface area contributed by atoms with Crippen LogP contribution < -0.4 is 4.90 Å². The molecule has 1 amide bonds. The minimum Gasteiger partial charge on any atom is -0.375 e. The molecule has 0 spiro atoms. The number of aryl methyl sites for hydroxylation is 1. The number of ether oxygens (including phenoxy) is 1. The Morgan fingerprint density at radius 1 is 1.16 bits per heavy atom. The van der Waals surface area contributed by atoms with E-state index in [1.54, 1.807) is 12.0 Å². The summed E-state index contributed by atoms with van der Waals surface area (Å²) in [5.74, 6) is 0.00473. The molecule has 0 aromatic heterocycles. The zero-order valence-corrected chi connectivity index (χ0v) is 12.3. The molecule has 0 fully saturated rings. The Morgan fingerprint density at radius 2 is 1.79 bits per heavy atom. The first-order chi connectivity index (χ1) is 9.04. The Kier molecular flexibility index (Phi) is 6.53. The van der Waals surface area contributed by atoms with E-state index in [1.165, 1.54) is 5.56 Å². The normalized spacial score (nSPS) is 10.8. The molecule has 0 atom stereocenters. The highest BCUT2D eigenvalue weighted by Gasteiger charge is 2.14. The molecule has 0 aliphatic carbocycles. The number of carbonyl (C=O) groups excluding carboxylic acids is 1. The van der Waals surface area contributed by atoms with Crippen LogP contribution in [-0.4, -0.2) is 51.7 Å². The monoisotopic (exact) mass is 264 g/mol. The smallest absolute Gasteiger partial charge is 0.252 e. The van der Waals surface area contributed by atoms with E-state index in [9.17, 15) is 4.79 Å². The predicted octanol–water partition coefficient (Wildman–Crippen LogP) is 1.93. The van der Waals surface area contributed by atoms with Gasteiger partial charge in [-0.05, 0) is 46.1 Å². The lowest BCUT2D eigenvalue weighted by molar-refractivity contribution is -0.122. The van der Waals surface area contributed by atoms with Crippen molar-refractivity contribution in [3.05, 3.63) is 29.8 Å². The van der Waals surface area contributed by atoms with E-state index in [1.807, 2.05) is 45.3 Å². The highest BCUT2D eigenvalue weighted by Crippen LogP contribution is 2.16. The van der Waals surface area contributed by atoms with Gasteiger partial charge < -0.3 is 14.5 Å². The second-order valence-corrected chi connectivity index (χ2v) is 4.97. The summed E-state index contributed by atoms with van der Waals surface area (Å²) in [6, 6.07) is 8.01. The Labute approximate surface area is 116 Å². The van der Waals surface area contributed by atoms with Gasteiger partial charge in [-0.2, -0.15) is 0 Å². The van der Waals surface area contributed by atoms with Crippen molar-refractivity contribution in [1.29, 1.82) is 0 Å². The molecule has 0 saturated heterocycles. The molecule has 0 aliphatic heterocycles. The van der Waals surface area contributed by atoms with Crippen LogP contribution in [0, 0.1) is 6.92 Å². The first-order valence-electron chi connectivity index (χ1n) is 6.55. The molecule has 4 nitrogen and oxygen atoms in total. The number of benzene rings is 1. The standard InChI is InChI=1S/C15H24N2O2/c1-13-6-8-14(9-7-13)17(15(18)12-19-4)11-5-10-16(2)3/h6-9H,5,10-12H2,1-4H3. The van der Waals surface area contributed by atoms with Gasteiger partial charge >= 0.3 is 0 Å². The molecule has 0 radical (unpaired) electrons. The van der Waals surface area contributed by atoms with Crippen LogP contribution in [0.1, 0.15) is 12.0 Å². The van der Waals surface area contributed by atoms with Gasteiger partial charge in [0.1, 0.15) is 6.61 Å². The third kappa shape index (κ3) is 5.41. The Bertz CT molecular complexity index is 388. The lowest BCUT2D eigenvalue weighted by atomic mass is 10.2. The molecule has 0 saturated carbocycles. The summed E-state index contributed by atoms with van der Waals surface area (Å²) in [6.45, 7) is 3.83. The van der Waals surface area contributed by atoms with E-state index in [2.05, 4.69) is 4.90 Å². The number of hydrogen-bond donors (Lipinski definition) is 0. The molecule has 1 aromatic rings. The summed E-state index contributed by atoms with van der Waals surface area (Å²) in [7, 11) is 5.62. The average Bonchev–Trinajstić information content (AvgIpc) is 2.36. The van der Waals surface area contributed by atoms with Gasteiger partial charge in [0, 0.05) is 19.3 Å². The fourth-order valence-corrected chi connectivity index (χ4v) is 1.87. The predicted molar refractivity (Wildman–Crippen MR) is 78.6 cm³/mol. The van der Waals surface area contributed by atoms with Gasteiger partial charge in [-0.25, -0.2) is 0 Å². The zero-order chi connectivity index (χ0) is 14.3. The summed E-state index contributed by atoms with van der Waals surface area (Å²) in [5.41, 5.74) is 2.13. The molecule has 19 heavy (non-hydrogen) atoms. The fraction of sp³-hybridized carbons (Fsp3) is 0.533. The van der Waals surface area contributed by atoms with Gasteiger partial charge in [-0.3, -0.25) is 4.79 Å². The molecule has 0 N–H and O–H groups in total. The maximum atomic E-state index is 12.1. The quantitative estimate of drug-likeness (QED) is 0.754. The third-order valence-corrected chi connectivity index (χ3v) is 2.90. The first-order valence-corrected chi connectivity index (χ1v) is 6.55. The van der Waals surface area contributed by atoms with Crippen molar-refractivity contribution in [1.82, 2.24) is 4.90 Å². The van der Waals surface area contributed by atoms with Crippen LogP contribution in [0.3, 0.4) is 0 Å². The van der Waals surface area contributed by atoms with Crippen LogP contribution >= 0.6 is 0 Å². The van der Waals surface area contributed by atoms with Crippen molar-refractivity contribution in [3.63, 3.8) is 0 Å². The summed E-state index contributed by atoms with van der Waals surface area (Å²) in [5, 5.41) is 0. The number of nitrogens with zero attached hydrogens (tertiary/aromatic N) is 2. The van der Waals surface area contributed by atoms with Crippen molar-refractivity contribution in [3.8, 4) is 0 Å². The van der Waals surface area contributed by atoms with E-state index in [0.29, 0.717) is 6.54 Å². The van der Waals surface area contributed by atoms with Crippen LogP contribution in [0.5, 0.6) is 0 Å². The second kappa shape index (κ2) is 7.92. The Hall–Kier alpha value is -1.39. The van der Waals surface area contributed by atoms with Gasteiger partial charge in [0.25, 0.3) is 5.91 Å². The molecule has 1 aromatic carbocycles. The first kappa shape index (κ1) is 15.7. The highest BCUT2D eigenvalue weighted by molar-refractivity contribution is 5.94. The van der Waals surface area contributed by atoms with Crippen molar-refractivity contribution in [2.75, 3.05) is 45.8 Å². The number of hydrogen-bond acceptors (Lipinski definition) is 3. The number of amides is 1. The zero-order valence-electron chi connectivity index (χ0n) is 12.3. The minimum absolute atomic E-state index is 0.00473. The Balaban J connectivity index is 2.73. The topological polar surface area (TPSA) is 32.8 Å². The fourth-order valence-electron chi connectivity index (χ4n) is 1.87. The molecule has 0 unspecified atom stereocenters. The summed E-state index contributed by atoms with van der Waals surface area (Å²) in [6.07, 6.45) is 0.941. The molecular formula is C15H24N2O2. The van der Waals surface area contributed by atoms with E-state index >= 15 is 0 Å². The molecule has 106 valence electrons. The number of carbonyl (C=O) groups is 1. The maximum Gasteiger partial charge on any atom is 0.252 e. The SMILES string of the molecule is COCC(=O)N(CCCN(C)C)c1ccc(C)cc1. The van der Waals surface area contributed by atoms with Crippen LogP contribution in [-0.2, 0) is 9.53 Å². The minimum atomic E-state index is 0.00473. The van der Waals surface area contributed by atoms with Gasteiger partial charge in [0.15, 0.2) is 0 Å². The maximum absolute atomic E-state index is 12.1. The van der Waals surface area contributed by atoms with Crippen molar-refractivity contribution < 1.29 is 9.53 Å². The second-order valence-electron chi connectivity index (χ2n) is 4.97. The van der Waals surface area contributed by atoms with Gasteiger partial charge in [0.2, 0.25) is 0 Å². The highest BCUT2D eigenvalue weighted by atomic mass is 16.5. The van der Waals surface area contributed by atoms with Crippen molar-refractivity contribution in [2.45, 2.75) is 13.3 Å². The lowest BCUT2D eigenvalue weighted by Crippen LogP contribution is -2.35. The van der Waals surface area contributed by atoms with E-state index in [0.717, 1.165) is 18.7 Å². The third-order valence-electron chi connectivity index (χ3n) is 2.90. The van der Waals surface area contributed by atoms with E-state index in [4.69, 9.17) is 4.74 Å². The van der Waals surface area contributed by atoms with Crippen LogP contribution in [0.15, 0.2) is 24.3 Å². The number of anilines is 1. The van der Waals surface area contributed by atoms with E-state index in [-0.39, 0.29) is 12.5 Å². The molecule has 4 heteroatoms. The van der Waals surface area contributed by atoms with Gasteiger partial charge in [0.05, 0.1) is 0 Å². The Morgan fingerprint density at radius 3 is 2.32 bits per heavy atom. The van der Waals surface area contributed by atoms with Crippen LogP contribution in [0.2, 0.25) is 0 Å². The largest absolute Gasteiger partial charge is 0.375 e. The lowest BCUT2D eigenvalue weighted by Gasteiger charge is -2.23. The van der Waals surface area contributed by atoms with E-state index < -0.39 is 0 Å². The summed E-state index contributed by atoms with van der Waals surface area (Å²) in [4.78, 5) is 16.0. The molecule has 1 rings (SSSR count). The molecule has 0 aliphatic rings. The summed E-state index contributed by atoms with van der Waals surface area (Å²) >= 11 is 0. The number of rotatable bonds is 7. The van der Waals surface area contributed by atoms with Crippen molar-refractivity contribution in [2.24, 2.45) is 0 Å².